The highest BCUT2D eigenvalue weighted by atomic mass is 35.5. The van der Waals surface area contributed by atoms with Crippen molar-refractivity contribution in [3.8, 4) is 5.75 Å². The molecule has 0 saturated carbocycles. The summed E-state index contributed by atoms with van der Waals surface area (Å²) in [7, 11) is -2.62. The number of benzene rings is 2. The molecule has 0 saturated heterocycles. The van der Waals surface area contributed by atoms with Gasteiger partial charge in [0, 0.05) is 5.75 Å². The summed E-state index contributed by atoms with van der Waals surface area (Å²) in [6.07, 6.45) is 1.73. The minimum Gasteiger partial charge on any atom is -0.495 e. The van der Waals surface area contributed by atoms with Gasteiger partial charge in [0.1, 0.15) is 12.3 Å². The number of rotatable bonds is 10. The van der Waals surface area contributed by atoms with Gasteiger partial charge in [0.05, 0.1) is 22.7 Å². The smallest absolute Gasteiger partial charge is 0.264 e. The molecule has 174 valence electrons. The molecule has 1 amide bonds. The molecule has 12 heteroatoms. The van der Waals surface area contributed by atoms with Crippen molar-refractivity contribution in [1.82, 2.24) is 10.2 Å². The average Bonchev–Trinajstić information content (AvgIpc) is 3.23. The zero-order valence-corrected chi connectivity index (χ0v) is 21.0. The number of methoxy groups -OCH3 is 1. The van der Waals surface area contributed by atoms with E-state index in [0.29, 0.717) is 15.8 Å². The molecule has 0 aliphatic heterocycles. The van der Waals surface area contributed by atoms with Crippen LogP contribution in [0.25, 0.3) is 0 Å². The number of aromatic nitrogens is 2. The molecule has 0 aliphatic rings. The third kappa shape index (κ3) is 6.26. The normalized spacial score (nSPS) is 11.1. The molecule has 0 spiro atoms. The van der Waals surface area contributed by atoms with E-state index in [1.54, 1.807) is 24.3 Å². The van der Waals surface area contributed by atoms with E-state index in [1.165, 1.54) is 54.5 Å². The van der Waals surface area contributed by atoms with Crippen LogP contribution < -0.4 is 14.4 Å². The summed E-state index contributed by atoms with van der Waals surface area (Å²) in [5.74, 6) is 0.466. The van der Waals surface area contributed by atoms with Gasteiger partial charge < -0.3 is 4.74 Å². The number of amides is 1. The number of nitrogens with zero attached hydrogens (tertiary/aromatic N) is 3. The SMILES string of the molecule is C=CCSc1nnc(NC(=O)CN(c2ccc(OC)c(Cl)c2)S(=O)(=O)c2ccc(C)cc2)s1. The molecule has 0 fully saturated rings. The molecule has 3 rings (SSSR count). The molecule has 8 nitrogen and oxygen atoms in total. The third-order valence-electron chi connectivity index (χ3n) is 4.30. The van der Waals surface area contributed by atoms with E-state index in [-0.39, 0.29) is 20.7 Å². The van der Waals surface area contributed by atoms with Crippen molar-refractivity contribution < 1.29 is 17.9 Å². The lowest BCUT2D eigenvalue weighted by Crippen LogP contribution is -2.38. The molecule has 2 aromatic carbocycles. The van der Waals surface area contributed by atoms with Crippen molar-refractivity contribution in [2.75, 3.05) is 29.0 Å². The lowest BCUT2D eigenvalue weighted by atomic mass is 10.2. The van der Waals surface area contributed by atoms with Crippen LogP contribution in [0.4, 0.5) is 10.8 Å². The Balaban J connectivity index is 1.90. The monoisotopic (exact) mass is 524 g/mol. The highest BCUT2D eigenvalue weighted by Crippen LogP contribution is 2.32. The van der Waals surface area contributed by atoms with E-state index >= 15 is 0 Å². The van der Waals surface area contributed by atoms with Crippen molar-refractivity contribution in [3.05, 3.63) is 65.7 Å². The third-order valence-corrected chi connectivity index (χ3v) is 8.35. The maximum Gasteiger partial charge on any atom is 0.264 e. The number of aryl methyl sites for hydroxylation is 1. The average molecular weight is 525 g/mol. The van der Waals surface area contributed by atoms with Crippen molar-refractivity contribution in [2.45, 2.75) is 16.2 Å². The fourth-order valence-electron chi connectivity index (χ4n) is 2.70. The van der Waals surface area contributed by atoms with Gasteiger partial charge in [0.25, 0.3) is 10.0 Å². The maximum atomic E-state index is 13.5. The molecule has 1 heterocycles. The van der Waals surface area contributed by atoms with Crippen molar-refractivity contribution >= 4 is 61.4 Å². The van der Waals surface area contributed by atoms with Gasteiger partial charge in [0.2, 0.25) is 11.0 Å². The van der Waals surface area contributed by atoms with E-state index in [1.807, 2.05) is 6.92 Å². The van der Waals surface area contributed by atoms with Crippen LogP contribution >= 0.6 is 34.7 Å². The zero-order valence-electron chi connectivity index (χ0n) is 17.8. The summed E-state index contributed by atoms with van der Waals surface area (Å²) in [5, 5.41) is 11.0. The Morgan fingerprint density at radius 2 is 2.00 bits per heavy atom. The molecular formula is C21H21ClN4O4S3. The molecule has 1 aromatic heterocycles. The fourth-order valence-corrected chi connectivity index (χ4v) is 5.89. The lowest BCUT2D eigenvalue weighted by molar-refractivity contribution is -0.114. The van der Waals surface area contributed by atoms with Crippen LogP contribution in [0.3, 0.4) is 0 Å². The Labute approximate surface area is 205 Å². The summed E-state index contributed by atoms with van der Waals surface area (Å²) >= 11 is 8.85. The van der Waals surface area contributed by atoms with Crippen molar-refractivity contribution in [3.63, 3.8) is 0 Å². The van der Waals surface area contributed by atoms with Gasteiger partial charge in [-0.2, -0.15) is 0 Å². The molecule has 0 bridgehead atoms. The van der Waals surface area contributed by atoms with Gasteiger partial charge in [-0.05, 0) is 37.3 Å². The predicted octanol–water partition coefficient (Wildman–Crippen LogP) is 4.62. The second-order valence-electron chi connectivity index (χ2n) is 6.66. The van der Waals surface area contributed by atoms with Gasteiger partial charge in [0.15, 0.2) is 4.34 Å². The highest BCUT2D eigenvalue weighted by molar-refractivity contribution is 8.01. The number of anilines is 2. The molecule has 0 atom stereocenters. The zero-order chi connectivity index (χ0) is 24.0. The first-order valence-electron chi connectivity index (χ1n) is 9.54. The van der Waals surface area contributed by atoms with E-state index in [0.717, 1.165) is 9.87 Å². The maximum absolute atomic E-state index is 13.5. The summed E-state index contributed by atoms with van der Waals surface area (Å²) in [6, 6.07) is 10.9. The number of hydrogen-bond acceptors (Lipinski definition) is 8. The molecule has 1 N–H and O–H groups in total. The minimum absolute atomic E-state index is 0.0480. The molecule has 0 radical (unpaired) electrons. The van der Waals surface area contributed by atoms with Crippen LogP contribution in [0.5, 0.6) is 5.75 Å². The Hall–Kier alpha value is -2.60. The van der Waals surface area contributed by atoms with Crippen molar-refractivity contribution in [1.29, 1.82) is 0 Å². The predicted molar refractivity (Wildman–Crippen MR) is 133 cm³/mol. The van der Waals surface area contributed by atoms with Gasteiger partial charge in [-0.25, -0.2) is 8.42 Å². The van der Waals surface area contributed by atoms with E-state index in [4.69, 9.17) is 16.3 Å². The van der Waals surface area contributed by atoms with Crippen molar-refractivity contribution in [2.24, 2.45) is 0 Å². The second-order valence-corrected chi connectivity index (χ2v) is 11.2. The number of nitrogens with one attached hydrogen (secondary N) is 1. The summed E-state index contributed by atoms with van der Waals surface area (Å²) in [5.41, 5.74) is 1.13. The fraction of sp³-hybridized carbons (Fsp3) is 0.190. The van der Waals surface area contributed by atoms with Gasteiger partial charge in [-0.1, -0.05) is 58.5 Å². The topological polar surface area (TPSA) is 101 Å². The number of thioether (sulfide) groups is 1. The quantitative estimate of drug-likeness (QED) is 0.234. The lowest BCUT2D eigenvalue weighted by Gasteiger charge is -2.24. The number of sulfonamides is 1. The Kier molecular flexibility index (Phi) is 8.35. The first-order chi connectivity index (χ1) is 15.7. The summed E-state index contributed by atoms with van der Waals surface area (Å²) < 4.78 is 33.7. The van der Waals surface area contributed by atoms with Crippen LogP contribution in [0, 0.1) is 6.92 Å². The molecule has 0 aliphatic carbocycles. The second kappa shape index (κ2) is 11.0. The summed E-state index contributed by atoms with van der Waals surface area (Å²) in [6.45, 7) is 5.01. The van der Waals surface area contributed by atoms with Crippen LogP contribution in [0.2, 0.25) is 5.02 Å². The van der Waals surface area contributed by atoms with Crippen LogP contribution in [0.1, 0.15) is 5.56 Å². The van der Waals surface area contributed by atoms with E-state index < -0.39 is 22.5 Å². The number of hydrogen-bond donors (Lipinski definition) is 1. The van der Waals surface area contributed by atoms with E-state index in [2.05, 4.69) is 22.1 Å². The number of halogens is 1. The Morgan fingerprint density at radius 1 is 1.27 bits per heavy atom. The van der Waals surface area contributed by atoms with Crippen LogP contribution in [0.15, 0.2) is 64.4 Å². The first kappa shape index (κ1) is 25.0. The van der Waals surface area contributed by atoms with Gasteiger partial charge in [-0.3, -0.25) is 14.4 Å². The highest BCUT2D eigenvalue weighted by Gasteiger charge is 2.28. The number of carbonyl (C=O) groups excluding carboxylic acids is 1. The Morgan fingerprint density at radius 3 is 2.64 bits per heavy atom. The van der Waals surface area contributed by atoms with Crippen LogP contribution in [-0.4, -0.2) is 43.9 Å². The molecule has 0 unspecified atom stereocenters. The summed E-state index contributed by atoms with van der Waals surface area (Å²) in [4.78, 5) is 12.8. The first-order valence-corrected chi connectivity index (χ1v) is 13.2. The Bertz CT molecular complexity index is 1250. The molecular weight excluding hydrogens is 504 g/mol. The van der Waals surface area contributed by atoms with Gasteiger partial charge >= 0.3 is 0 Å². The van der Waals surface area contributed by atoms with Crippen LogP contribution in [-0.2, 0) is 14.8 Å². The van der Waals surface area contributed by atoms with Gasteiger partial charge in [-0.15, -0.1) is 16.8 Å². The molecule has 3 aromatic rings. The number of ether oxygens (including phenoxy) is 1. The number of carbonyl (C=O) groups is 1. The minimum atomic E-state index is -4.08. The standard InChI is InChI=1S/C21H21ClN4O4S3/c1-4-11-31-21-25-24-20(32-21)23-19(27)13-26(15-7-10-18(30-3)17(22)12-15)33(28,29)16-8-5-14(2)6-9-16/h4-10,12H,1,11,13H2,2-3H3,(H,23,24,27). The van der Waals surface area contributed by atoms with E-state index in [9.17, 15) is 13.2 Å². The molecule has 33 heavy (non-hydrogen) atoms. The largest absolute Gasteiger partial charge is 0.495 e.